The normalized spacial score (nSPS) is 17.9. The second-order valence-corrected chi connectivity index (χ2v) is 6.52. The van der Waals surface area contributed by atoms with Crippen molar-refractivity contribution in [2.45, 2.75) is 0 Å². The molecule has 0 radical (unpaired) electrons. The number of carbonyl (C=O) groups excluding carboxylic acids is 1. The Morgan fingerprint density at radius 2 is 1.83 bits per heavy atom. The zero-order valence-corrected chi connectivity index (χ0v) is 14.3. The third-order valence-electron chi connectivity index (χ3n) is 3.36. The van der Waals surface area contributed by atoms with Gasteiger partial charge in [0.25, 0.3) is 5.91 Å². The Kier molecular flexibility index (Phi) is 5.35. The predicted octanol–water partition coefficient (Wildman–Crippen LogP) is 3.94. The zero-order chi connectivity index (χ0) is 16.9. The van der Waals surface area contributed by atoms with Crippen molar-refractivity contribution in [1.29, 1.82) is 0 Å². The number of β-amino-alcohol motifs (C(OH)–C–C–N with tert-alkyl or cyclic N) is 1. The molecule has 1 aliphatic rings. The monoisotopic (exact) mass is 358 g/mol. The first-order chi connectivity index (χ1) is 11.7. The Bertz CT molecular complexity index is 788. The Labute approximate surface area is 149 Å². The number of benzene rings is 2. The highest BCUT2D eigenvalue weighted by atomic mass is 35.5. The van der Waals surface area contributed by atoms with Crippen LogP contribution in [0.15, 0.2) is 64.5 Å². The van der Waals surface area contributed by atoms with Crippen molar-refractivity contribution in [3.05, 3.63) is 70.1 Å². The van der Waals surface area contributed by atoms with E-state index in [0.717, 1.165) is 11.3 Å². The Morgan fingerprint density at radius 3 is 2.50 bits per heavy atom. The number of carbonyl (C=O) groups is 1. The number of aliphatic hydroxyl groups excluding tert-OH is 1. The molecule has 122 valence electrons. The molecule has 6 heteroatoms. The van der Waals surface area contributed by atoms with Crippen LogP contribution in [0, 0.1) is 0 Å². The van der Waals surface area contributed by atoms with E-state index < -0.39 is 0 Å². The number of hydrogen-bond acceptors (Lipinski definition) is 4. The topological polar surface area (TPSA) is 52.9 Å². The van der Waals surface area contributed by atoms with E-state index in [1.165, 1.54) is 16.7 Å². The average Bonchev–Trinajstić information content (AvgIpc) is 2.87. The van der Waals surface area contributed by atoms with Crippen molar-refractivity contribution >= 4 is 46.2 Å². The number of nitrogens with zero attached hydrogens (tertiary/aromatic N) is 2. The molecule has 0 atom stereocenters. The number of amidine groups is 1. The van der Waals surface area contributed by atoms with Gasteiger partial charge in [-0.25, -0.2) is 4.99 Å². The van der Waals surface area contributed by atoms with E-state index >= 15 is 0 Å². The van der Waals surface area contributed by atoms with Gasteiger partial charge >= 0.3 is 0 Å². The molecule has 0 saturated carbocycles. The van der Waals surface area contributed by atoms with Crippen molar-refractivity contribution < 1.29 is 9.90 Å². The number of hydrogen-bond donors (Lipinski definition) is 1. The highest BCUT2D eigenvalue weighted by Crippen LogP contribution is 2.34. The number of rotatable bonds is 4. The molecule has 2 aromatic rings. The van der Waals surface area contributed by atoms with Crippen LogP contribution in [-0.4, -0.2) is 34.2 Å². The van der Waals surface area contributed by atoms with Gasteiger partial charge in [-0.2, -0.15) is 0 Å². The van der Waals surface area contributed by atoms with Crippen LogP contribution in [0.3, 0.4) is 0 Å². The number of amides is 1. The van der Waals surface area contributed by atoms with E-state index in [9.17, 15) is 9.90 Å². The van der Waals surface area contributed by atoms with Crippen LogP contribution in [0.2, 0.25) is 5.02 Å². The minimum Gasteiger partial charge on any atom is -0.395 e. The van der Waals surface area contributed by atoms with Gasteiger partial charge in [0.1, 0.15) is 0 Å². The summed E-state index contributed by atoms with van der Waals surface area (Å²) in [4.78, 5) is 19.2. The van der Waals surface area contributed by atoms with E-state index in [2.05, 4.69) is 4.99 Å². The molecule has 0 bridgehead atoms. The fourth-order valence-electron chi connectivity index (χ4n) is 2.21. The third kappa shape index (κ3) is 3.87. The highest BCUT2D eigenvalue weighted by Gasteiger charge is 2.32. The Hall–Kier alpha value is -2.08. The smallest absolute Gasteiger partial charge is 0.266 e. The minimum absolute atomic E-state index is 0.117. The van der Waals surface area contributed by atoms with Crippen molar-refractivity contribution in [2.75, 3.05) is 13.2 Å². The van der Waals surface area contributed by atoms with Gasteiger partial charge in [0.05, 0.1) is 23.7 Å². The first-order valence-electron chi connectivity index (χ1n) is 7.39. The summed E-state index contributed by atoms with van der Waals surface area (Å²) in [6, 6.07) is 16.7. The molecule has 24 heavy (non-hydrogen) atoms. The first-order valence-corrected chi connectivity index (χ1v) is 8.58. The van der Waals surface area contributed by atoms with Crippen molar-refractivity contribution in [1.82, 2.24) is 4.90 Å². The van der Waals surface area contributed by atoms with Crippen LogP contribution in [0.4, 0.5) is 5.69 Å². The van der Waals surface area contributed by atoms with Gasteiger partial charge in [-0.3, -0.25) is 9.69 Å². The fourth-order valence-corrected chi connectivity index (χ4v) is 3.36. The summed E-state index contributed by atoms with van der Waals surface area (Å²) in [5, 5.41) is 10.5. The maximum atomic E-state index is 12.6. The van der Waals surface area contributed by atoms with E-state index in [4.69, 9.17) is 11.6 Å². The lowest BCUT2D eigenvalue weighted by atomic mass is 10.2. The molecule has 0 aromatic heterocycles. The van der Waals surface area contributed by atoms with Gasteiger partial charge in [-0.15, -0.1) is 0 Å². The van der Waals surface area contributed by atoms with Crippen LogP contribution in [0.25, 0.3) is 6.08 Å². The Balaban J connectivity index is 1.92. The van der Waals surface area contributed by atoms with Gasteiger partial charge in [0.15, 0.2) is 5.17 Å². The van der Waals surface area contributed by atoms with Crippen LogP contribution in [0.5, 0.6) is 0 Å². The molecule has 1 N–H and O–H groups in total. The fraction of sp³-hybridized carbons (Fsp3) is 0.111. The summed E-state index contributed by atoms with van der Waals surface area (Å²) in [5.41, 5.74) is 1.66. The standard InChI is InChI=1S/C18H15ClN2O2S/c19-14-8-6-13(7-9-14)12-16-17(23)21(10-11-22)18(24-16)20-15-4-2-1-3-5-15/h1-9,12,22H,10-11H2/b16-12-,20-18?. The predicted molar refractivity (Wildman–Crippen MR) is 99.4 cm³/mol. The van der Waals surface area contributed by atoms with E-state index in [1.807, 2.05) is 42.5 Å². The molecule has 2 aromatic carbocycles. The van der Waals surface area contributed by atoms with Gasteiger partial charge in [0, 0.05) is 5.02 Å². The average molecular weight is 359 g/mol. The van der Waals surface area contributed by atoms with Gasteiger partial charge < -0.3 is 5.11 Å². The molecule has 1 saturated heterocycles. The number of aliphatic imine (C=N–C) groups is 1. The molecule has 1 aliphatic heterocycles. The SMILES string of the molecule is O=C1/C(=C/c2ccc(Cl)cc2)SC(=Nc2ccccc2)N1CCO. The van der Waals surface area contributed by atoms with Crippen molar-refractivity contribution in [3.63, 3.8) is 0 Å². The molecule has 1 heterocycles. The molecule has 1 fully saturated rings. The summed E-state index contributed by atoms with van der Waals surface area (Å²) in [6.45, 7) is 0.101. The largest absolute Gasteiger partial charge is 0.395 e. The summed E-state index contributed by atoms with van der Waals surface area (Å²) >= 11 is 7.19. The third-order valence-corrected chi connectivity index (χ3v) is 4.62. The zero-order valence-electron chi connectivity index (χ0n) is 12.7. The lowest BCUT2D eigenvalue weighted by Crippen LogP contribution is -2.31. The summed E-state index contributed by atoms with van der Waals surface area (Å²) < 4.78 is 0. The van der Waals surface area contributed by atoms with Crippen molar-refractivity contribution in [2.24, 2.45) is 4.99 Å². The maximum absolute atomic E-state index is 12.6. The molecule has 4 nitrogen and oxygen atoms in total. The second-order valence-electron chi connectivity index (χ2n) is 5.07. The molecular formula is C18H15ClN2O2S. The summed E-state index contributed by atoms with van der Waals surface area (Å²) in [6.07, 6.45) is 1.81. The molecule has 0 aliphatic carbocycles. The number of para-hydroxylation sites is 1. The maximum Gasteiger partial charge on any atom is 0.266 e. The molecule has 3 rings (SSSR count). The minimum atomic E-state index is -0.154. The quantitative estimate of drug-likeness (QED) is 0.842. The van der Waals surface area contributed by atoms with Crippen LogP contribution >= 0.6 is 23.4 Å². The molecule has 0 spiro atoms. The second kappa shape index (κ2) is 7.66. The van der Waals surface area contributed by atoms with Gasteiger partial charge in [-0.05, 0) is 47.7 Å². The number of thioether (sulfide) groups is 1. The number of halogens is 1. The van der Waals surface area contributed by atoms with Crippen LogP contribution < -0.4 is 0 Å². The van der Waals surface area contributed by atoms with Crippen LogP contribution in [-0.2, 0) is 4.79 Å². The first kappa shape index (κ1) is 16.8. The molecule has 0 unspecified atom stereocenters. The lowest BCUT2D eigenvalue weighted by molar-refractivity contribution is -0.122. The summed E-state index contributed by atoms with van der Waals surface area (Å²) in [7, 11) is 0. The Morgan fingerprint density at radius 1 is 1.12 bits per heavy atom. The van der Waals surface area contributed by atoms with E-state index in [-0.39, 0.29) is 19.1 Å². The van der Waals surface area contributed by atoms with Crippen molar-refractivity contribution in [3.8, 4) is 0 Å². The number of aliphatic hydroxyl groups is 1. The summed E-state index contributed by atoms with van der Waals surface area (Å²) in [5.74, 6) is -0.154. The van der Waals surface area contributed by atoms with E-state index in [1.54, 1.807) is 18.2 Å². The van der Waals surface area contributed by atoms with Gasteiger partial charge in [-0.1, -0.05) is 41.9 Å². The molecule has 1 amide bonds. The van der Waals surface area contributed by atoms with Gasteiger partial charge in [0.2, 0.25) is 0 Å². The molecular weight excluding hydrogens is 344 g/mol. The lowest BCUT2D eigenvalue weighted by Gasteiger charge is -2.13. The van der Waals surface area contributed by atoms with Crippen LogP contribution in [0.1, 0.15) is 5.56 Å². The van der Waals surface area contributed by atoms with E-state index in [0.29, 0.717) is 15.1 Å². The highest BCUT2D eigenvalue weighted by molar-refractivity contribution is 8.18.